The maximum atomic E-state index is 13.2. The molecule has 1 aromatic heterocycles. The summed E-state index contributed by atoms with van der Waals surface area (Å²) in [6.07, 6.45) is 5.12. The molecule has 0 bridgehead atoms. The number of anilines is 3. The smallest absolute Gasteiger partial charge is 0.263 e. The first-order valence-corrected chi connectivity index (χ1v) is 13.2. The number of hydrogen-bond donors (Lipinski definition) is 1. The van der Waals surface area contributed by atoms with Crippen LogP contribution in [0.5, 0.6) is 0 Å². The van der Waals surface area contributed by atoms with Crippen LogP contribution in [0.1, 0.15) is 41.3 Å². The van der Waals surface area contributed by atoms with Gasteiger partial charge in [0.05, 0.1) is 27.2 Å². The molecule has 174 valence electrons. The quantitative estimate of drug-likeness (QED) is 0.426. The number of amides is 1. The van der Waals surface area contributed by atoms with Gasteiger partial charge in [0.2, 0.25) is 5.95 Å². The Morgan fingerprint density at radius 3 is 2.71 bits per heavy atom. The van der Waals surface area contributed by atoms with Gasteiger partial charge in [0.1, 0.15) is 5.03 Å². The van der Waals surface area contributed by atoms with E-state index in [1.54, 1.807) is 29.3 Å². The first-order valence-electron chi connectivity index (χ1n) is 11.4. The zero-order valence-electron chi connectivity index (χ0n) is 18.6. The summed E-state index contributed by atoms with van der Waals surface area (Å²) in [5.74, 6) is 0.648. The third-order valence-corrected chi connectivity index (χ3v) is 8.57. The van der Waals surface area contributed by atoms with Crippen LogP contribution in [0.3, 0.4) is 0 Å². The predicted octanol–water partition coefficient (Wildman–Crippen LogP) is 6.10. The Hall–Kier alpha value is -2.32. The largest absolute Gasteiger partial charge is 0.324 e. The van der Waals surface area contributed by atoms with Crippen LogP contribution in [0.15, 0.2) is 47.6 Å². The number of carbonyl (C=O) groups is 1. The molecule has 3 aromatic rings. The lowest BCUT2D eigenvalue weighted by molar-refractivity contribution is 0.0985. The van der Waals surface area contributed by atoms with Gasteiger partial charge in [-0.25, -0.2) is 9.97 Å². The Balaban J connectivity index is 1.24. The minimum atomic E-state index is -0.209. The van der Waals surface area contributed by atoms with Crippen molar-refractivity contribution >= 4 is 58.2 Å². The molecule has 0 unspecified atom stereocenters. The molecule has 1 amide bonds. The topological polar surface area (TPSA) is 61.4 Å². The molecule has 3 heterocycles. The third-order valence-electron chi connectivity index (χ3n) is 6.99. The summed E-state index contributed by atoms with van der Waals surface area (Å²) in [7, 11) is 0. The van der Waals surface area contributed by atoms with E-state index in [1.165, 1.54) is 35.7 Å². The van der Waals surface area contributed by atoms with Crippen LogP contribution in [0, 0.1) is 0 Å². The van der Waals surface area contributed by atoms with Crippen LogP contribution in [0.2, 0.25) is 10.0 Å². The van der Waals surface area contributed by atoms with Crippen molar-refractivity contribution in [3.63, 3.8) is 0 Å². The number of para-hydroxylation sites is 1. The van der Waals surface area contributed by atoms with Gasteiger partial charge in [-0.15, -0.1) is 0 Å². The fourth-order valence-electron chi connectivity index (χ4n) is 5.19. The van der Waals surface area contributed by atoms with Crippen molar-refractivity contribution in [1.82, 2.24) is 14.9 Å². The van der Waals surface area contributed by atoms with Crippen molar-refractivity contribution in [2.75, 3.05) is 29.2 Å². The minimum absolute atomic E-state index is 0.209. The summed E-state index contributed by atoms with van der Waals surface area (Å²) in [5.41, 5.74) is 5.06. The average Bonchev–Trinajstić information content (AvgIpc) is 3.61. The molecule has 1 spiro atoms. The van der Waals surface area contributed by atoms with Crippen LogP contribution in [0.4, 0.5) is 17.3 Å². The van der Waals surface area contributed by atoms with Crippen molar-refractivity contribution in [1.29, 1.82) is 0 Å². The molecule has 0 saturated heterocycles. The maximum absolute atomic E-state index is 13.2. The molecule has 3 aliphatic rings. The standard InChI is InChI=1S/C25H23Cl2N5OS/c1-2-31-11-8-15-12-16(6-7-18(15)25(31)9-10-25)29-24-28-13-17-22(30-24)34-14-32(23(17)33)21-19(26)4-3-5-20(21)27/h3-7,12-13H,2,8-11,14H2,1H3,(H,28,29,30). The fraction of sp³-hybridized carbons (Fsp3) is 0.320. The summed E-state index contributed by atoms with van der Waals surface area (Å²) in [4.78, 5) is 26.4. The molecule has 34 heavy (non-hydrogen) atoms. The molecule has 0 atom stereocenters. The number of benzene rings is 2. The lowest BCUT2D eigenvalue weighted by Gasteiger charge is -2.37. The Kier molecular flexibility index (Phi) is 5.48. The number of nitrogens with one attached hydrogen (secondary N) is 1. The first kappa shape index (κ1) is 22.2. The number of aromatic nitrogens is 2. The predicted molar refractivity (Wildman–Crippen MR) is 138 cm³/mol. The minimum Gasteiger partial charge on any atom is -0.324 e. The number of rotatable bonds is 4. The second kappa shape index (κ2) is 8.41. The van der Waals surface area contributed by atoms with Gasteiger partial charge >= 0.3 is 0 Å². The highest BCUT2D eigenvalue weighted by molar-refractivity contribution is 7.99. The summed E-state index contributed by atoms with van der Waals surface area (Å²) < 4.78 is 0. The molecule has 6 rings (SSSR count). The molecule has 2 aliphatic heterocycles. The van der Waals surface area contributed by atoms with Crippen molar-refractivity contribution in [2.45, 2.75) is 36.8 Å². The second-order valence-electron chi connectivity index (χ2n) is 8.85. The van der Waals surface area contributed by atoms with E-state index in [9.17, 15) is 4.79 Å². The lowest BCUT2D eigenvalue weighted by Crippen LogP contribution is -2.41. The number of fused-ring (bicyclic) bond motifs is 3. The van der Waals surface area contributed by atoms with Crippen LogP contribution in [0.25, 0.3) is 0 Å². The molecule has 2 aromatic carbocycles. The second-order valence-corrected chi connectivity index (χ2v) is 10.6. The maximum Gasteiger partial charge on any atom is 0.263 e. The van der Waals surface area contributed by atoms with Gasteiger partial charge in [0.15, 0.2) is 0 Å². The normalized spacial score (nSPS) is 18.6. The molecule has 6 nitrogen and oxygen atoms in total. The van der Waals surface area contributed by atoms with Gasteiger partial charge < -0.3 is 5.32 Å². The highest BCUT2D eigenvalue weighted by atomic mass is 35.5. The van der Waals surface area contributed by atoms with E-state index >= 15 is 0 Å². The monoisotopic (exact) mass is 511 g/mol. The zero-order valence-corrected chi connectivity index (χ0v) is 21.0. The van der Waals surface area contributed by atoms with Gasteiger partial charge in [-0.05, 0) is 61.2 Å². The van der Waals surface area contributed by atoms with E-state index in [4.69, 9.17) is 23.2 Å². The van der Waals surface area contributed by atoms with Crippen LogP contribution in [-0.2, 0) is 12.0 Å². The number of thioether (sulfide) groups is 1. The Morgan fingerprint density at radius 2 is 1.97 bits per heavy atom. The van der Waals surface area contributed by atoms with E-state index in [-0.39, 0.29) is 11.4 Å². The summed E-state index contributed by atoms with van der Waals surface area (Å²) in [6.45, 7) is 4.45. The molecule has 1 saturated carbocycles. The molecule has 0 radical (unpaired) electrons. The number of carbonyl (C=O) groups excluding carboxylic acids is 1. The fourth-order valence-corrected chi connectivity index (χ4v) is 6.74. The number of nitrogens with zero attached hydrogens (tertiary/aromatic N) is 4. The number of halogens is 2. The van der Waals surface area contributed by atoms with Crippen molar-refractivity contribution in [3.05, 3.63) is 69.3 Å². The van der Waals surface area contributed by atoms with Gasteiger partial charge in [-0.1, -0.05) is 54.0 Å². The Labute approximate surface area is 212 Å². The van der Waals surface area contributed by atoms with E-state index in [0.717, 1.165) is 25.2 Å². The van der Waals surface area contributed by atoms with Gasteiger partial charge in [0, 0.05) is 24.0 Å². The molecule has 1 aliphatic carbocycles. The van der Waals surface area contributed by atoms with Gasteiger partial charge in [-0.3, -0.25) is 14.6 Å². The molecular formula is C25H23Cl2N5OS. The summed E-state index contributed by atoms with van der Waals surface area (Å²) >= 11 is 14.1. The van der Waals surface area contributed by atoms with Crippen LogP contribution in [-0.4, -0.2) is 39.7 Å². The average molecular weight is 512 g/mol. The summed E-state index contributed by atoms with van der Waals surface area (Å²) in [6, 6.07) is 11.8. The van der Waals surface area contributed by atoms with Crippen molar-refractivity contribution in [3.8, 4) is 0 Å². The van der Waals surface area contributed by atoms with E-state index in [2.05, 4.69) is 45.3 Å². The Morgan fingerprint density at radius 1 is 1.18 bits per heavy atom. The number of hydrogen-bond acceptors (Lipinski definition) is 6. The van der Waals surface area contributed by atoms with E-state index < -0.39 is 0 Å². The number of likely N-dealkylation sites (N-methyl/N-ethyl adjacent to an activating group) is 1. The molecule has 1 N–H and O–H groups in total. The molecular weight excluding hydrogens is 489 g/mol. The van der Waals surface area contributed by atoms with Crippen LogP contribution < -0.4 is 10.2 Å². The van der Waals surface area contributed by atoms with Crippen molar-refractivity contribution < 1.29 is 4.79 Å². The van der Waals surface area contributed by atoms with E-state index in [1.807, 2.05) is 0 Å². The summed E-state index contributed by atoms with van der Waals surface area (Å²) in [5, 5.41) is 4.86. The van der Waals surface area contributed by atoms with Gasteiger partial charge in [-0.2, -0.15) is 0 Å². The van der Waals surface area contributed by atoms with Gasteiger partial charge in [0.25, 0.3) is 5.91 Å². The highest BCUT2D eigenvalue weighted by Gasteiger charge is 2.51. The lowest BCUT2D eigenvalue weighted by atomic mass is 9.90. The Bertz CT molecular complexity index is 1290. The zero-order chi connectivity index (χ0) is 23.4. The molecule has 9 heteroatoms. The first-order chi connectivity index (χ1) is 16.5. The highest BCUT2D eigenvalue weighted by Crippen LogP contribution is 2.54. The SMILES string of the molecule is CCN1CCc2cc(Nc3ncc4c(n3)SCN(c3c(Cl)cccc3Cl)C4=O)ccc2C12CC2. The molecule has 1 fully saturated rings. The third kappa shape index (κ3) is 3.57. The van der Waals surface area contributed by atoms with E-state index in [0.29, 0.717) is 38.1 Å². The van der Waals surface area contributed by atoms with Crippen LogP contribution >= 0.6 is 35.0 Å². The van der Waals surface area contributed by atoms with Crippen molar-refractivity contribution in [2.24, 2.45) is 0 Å².